The maximum Gasteiger partial charge on any atom is 0.416 e. The van der Waals surface area contributed by atoms with Gasteiger partial charge in [-0.15, -0.1) is 0 Å². The van der Waals surface area contributed by atoms with Gasteiger partial charge in [0.05, 0.1) is 29.1 Å². The third kappa shape index (κ3) is 20.3. The van der Waals surface area contributed by atoms with Gasteiger partial charge in [0.1, 0.15) is 0 Å². The summed E-state index contributed by atoms with van der Waals surface area (Å²) in [4.78, 5) is 25.7. The van der Waals surface area contributed by atoms with Crippen LogP contribution in [0.25, 0.3) is 0 Å². The van der Waals surface area contributed by atoms with Crippen LogP contribution in [0.3, 0.4) is 0 Å². The number of carbonyl (C=O) groups is 2. The Balaban J connectivity index is 0.000000332. The van der Waals surface area contributed by atoms with Gasteiger partial charge in [0, 0.05) is 34.6 Å². The Morgan fingerprint density at radius 1 is 0.721 bits per heavy atom. The lowest BCUT2D eigenvalue weighted by atomic mass is 9.91. The first kappa shape index (κ1) is 53.4. The highest BCUT2D eigenvalue weighted by Gasteiger charge is 2.31. The summed E-state index contributed by atoms with van der Waals surface area (Å²) >= 11 is 14.6. The highest BCUT2D eigenvalue weighted by Crippen LogP contribution is 2.31. The lowest BCUT2D eigenvalue weighted by Gasteiger charge is -2.32. The number of halogens is 9. The van der Waals surface area contributed by atoms with Gasteiger partial charge in [-0.3, -0.25) is 14.5 Å². The minimum absolute atomic E-state index is 0. The number of ketones is 2. The molecule has 0 radical (unpaired) electrons. The summed E-state index contributed by atoms with van der Waals surface area (Å²) in [5.41, 5.74) is 2.09. The molecule has 6 rings (SSSR count). The van der Waals surface area contributed by atoms with Crippen LogP contribution in [-0.2, 0) is 25.2 Å². The van der Waals surface area contributed by atoms with Crippen molar-refractivity contribution < 1.29 is 35.9 Å². The van der Waals surface area contributed by atoms with Gasteiger partial charge in [-0.1, -0.05) is 70.8 Å². The number of rotatable bonds is 11. The molecule has 4 aromatic carbocycles. The monoisotopic (exact) mass is 955 g/mol. The van der Waals surface area contributed by atoms with E-state index in [-0.39, 0.29) is 19.0 Å². The maximum absolute atomic E-state index is 12.6. The van der Waals surface area contributed by atoms with E-state index in [4.69, 9.17) is 28.5 Å². The highest BCUT2D eigenvalue weighted by atomic mass is 79.9. The van der Waals surface area contributed by atoms with Gasteiger partial charge in [0.25, 0.3) is 0 Å². The van der Waals surface area contributed by atoms with Crippen LogP contribution in [0.1, 0.15) is 95.8 Å². The van der Waals surface area contributed by atoms with Crippen LogP contribution in [0.15, 0.2) is 97.1 Å². The third-order valence-corrected chi connectivity index (χ3v) is 11.1. The number of Topliss-reactive ketones (excluding diaryl/α,β-unsaturated/α-hetero) is 2. The second-order valence-electron chi connectivity index (χ2n) is 14.6. The van der Waals surface area contributed by atoms with Gasteiger partial charge in [0.15, 0.2) is 11.6 Å². The highest BCUT2D eigenvalue weighted by molar-refractivity contribution is 9.09. The number of likely N-dealkylation sites (tertiary alicyclic amines) is 1. The Morgan fingerprint density at radius 3 is 1.56 bits per heavy atom. The quantitative estimate of drug-likeness (QED) is 0.0921. The summed E-state index contributed by atoms with van der Waals surface area (Å²) < 4.78 is 75.1. The molecule has 0 spiro atoms. The van der Waals surface area contributed by atoms with Gasteiger partial charge in [-0.05, 0) is 167 Å². The smallest absolute Gasteiger partial charge is 0.316 e. The van der Waals surface area contributed by atoms with Crippen LogP contribution >= 0.6 is 39.1 Å². The molecule has 2 unspecified atom stereocenters. The molecule has 5 nitrogen and oxygen atoms in total. The van der Waals surface area contributed by atoms with Gasteiger partial charge in [-0.25, -0.2) is 0 Å². The fourth-order valence-electron chi connectivity index (χ4n) is 6.81. The van der Waals surface area contributed by atoms with Gasteiger partial charge >= 0.3 is 12.4 Å². The van der Waals surface area contributed by atoms with Crippen molar-refractivity contribution in [1.82, 2.24) is 10.2 Å². The predicted molar refractivity (Wildman–Crippen MR) is 238 cm³/mol. The van der Waals surface area contributed by atoms with Crippen molar-refractivity contribution in [2.24, 2.45) is 11.8 Å². The van der Waals surface area contributed by atoms with Crippen molar-refractivity contribution >= 4 is 50.7 Å². The number of alkyl halides is 7. The van der Waals surface area contributed by atoms with Crippen molar-refractivity contribution in [2.45, 2.75) is 78.1 Å². The normalized spacial score (nSPS) is 16.4. The molecule has 0 aliphatic carbocycles. The molecule has 2 aliphatic rings. The standard InChI is InChI=1S/C22H23ClF3NO.C14H18F3N.C8H6BrClO.C2H3N.CH4/c23-20-11-7-18(8-12-20)21(28)15-27-13-1-2-17(14-27)4-3-16-5-9-19(10-6-16)22(24,25)26;15-14(16,17)13-7-5-11(6-8-13)3-4-12-2-1-9-18-10-12;9-5-8(11)6-1-3-7(10)4-2-6;1-2-3;/h5-12,17H,1-4,13-15H2;5-8,12,18H,1-4,9-10H2;1-4H,5H2;1H3;1H4. The van der Waals surface area contributed by atoms with E-state index in [2.05, 4.69) is 26.1 Å². The van der Waals surface area contributed by atoms with E-state index >= 15 is 0 Å². The molecule has 4 aromatic rings. The molecular weight excluding hydrogens is 903 g/mol. The average molecular weight is 958 g/mol. The van der Waals surface area contributed by atoms with Crippen LogP contribution in [0, 0.1) is 23.2 Å². The molecule has 0 saturated carbocycles. The lowest BCUT2D eigenvalue weighted by Crippen LogP contribution is -2.39. The van der Waals surface area contributed by atoms with E-state index < -0.39 is 23.5 Å². The maximum atomic E-state index is 12.6. The van der Waals surface area contributed by atoms with Crippen LogP contribution in [-0.4, -0.2) is 54.5 Å². The van der Waals surface area contributed by atoms with Crippen LogP contribution in [0.2, 0.25) is 10.0 Å². The predicted octanol–water partition coefficient (Wildman–Crippen LogP) is 13.6. The molecule has 2 atom stereocenters. The minimum Gasteiger partial charge on any atom is -0.316 e. The molecular formula is C47H54BrCl2F6N3O2. The molecule has 2 heterocycles. The van der Waals surface area contributed by atoms with Crippen molar-refractivity contribution in [3.8, 4) is 6.07 Å². The van der Waals surface area contributed by atoms with E-state index in [9.17, 15) is 35.9 Å². The molecule has 2 aliphatic heterocycles. The summed E-state index contributed by atoms with van der Waals surface area (Å²) in [5, 5.41) is 12.3. The summed E-state index contributed by atoms with van der Waals surface area (Å²) in [5.74, 6) is 1.27. The van der Waals surface area contributed by atoms with Crippen LogP contribution in [0.5, 0.6) is 0 Å². The van der Waals surface area contributed by atoms with E-state index in [1.165, 1.54) is 31.9 Å². The largest absolute Gasteiger partial charge is 0.416 e. The molecule has 332 valence electrons. The van der Waals surface area contributed by atoms with E-state index in [1.807, 2.05) is 0 Å². The molecule has 0 aromatic heterocycles. The van der Waals surface area contributed by atoms with Gasteiger partial charge in [0.2, 0.25) is 0 Å². The SMILES string of the molecule is C.CC#N.FC(F)(F)c1ccc(CCC2CCCNC2)cc1.O=C(CBr)c1ccc(Cl)cc1.O=C(CN1CCCC(CCc2ccc(C(F)(F)F)cc2)C1)c1ccc(Cl)cc1. The molecule has 1 N–H and O–H groups in total. The molecule has 0 amide bonds. The summed E-state index contributed by atoms with van der Waals surface area (Å²) in [6, 6.07) is 26.5. The zero-order valence-corrected chi connectivity index (χ0v) is 36.5. The van der Waals surface area contributed by atoms with Crippen molar-refractivity contribution in [2.75, 3.05) is 38.1 Å². The van der Waals surface area contributed by atoms with E-state index in [0.29, 0.717) is 44.9 Å². The summed E-state index contributed by atoms with van der Waals surface area (Å²) in [6.45, 7) is 5.70. The number of hydrogen-bond acceptors (Lipinski definition) is 5. The fourth-order valence-corrected chi connectivity index (χ4v) is 7.38. The first-order valence-electron chi connectivity index (χ1n) is 19.7. The lowest BCUT2D eigenvalue weighted by molar-refractivity contribution is -0.138. The Hall–Kier alpha value is -3.73. The molecule has 2 saturated heterocycles. The molecule has 0 bridgehead atoms. The number of benzene rings is 4. The first-order valence-corrected chi connectivity index (χ1v) is 21.6. The molecule has 2 fully saturated rings. The number of nitriles is 1. The number of aryl methyl sites for hydroxylation is 2. The minimum atomic E-state index is -4.29. The number of nitrogens with one attached hydrogen (secondary N) is 1. The Bertz CT molecular complexity index is 1910. The topological polar surface area (TPSA) is 73.2 Å². The van der Waals surface area contributed by atoms with Crippen molar-refractivity contribution in [3.05, 3.63) is 140 Å². The first-order chi connectivity index (χ1) is 28.5. The van der Waals surface area contributed by atoms with Gasteiger partial charge in [-0.2, -0.15) is 31.6 Å². The van der Waals surface area contributed by atoms with Crippen molar-refractivity contribution in [3.63, 3.8) is 0 Å². The average Bonchev–Trinajstić information content (AvgIpc) is 3.23. The summed E-state index contributed by atoms with van der Waals surface area (Å²) in [7, 11) is 0. The zero-order valence-electron chi connectivity index (χ0n) is 33.4. The van der Waals surface area contributed by atoms with E-state index in [0.717, 1.165) is 88.0 Å². The molecule has 61 heavy (non-hydrogen) atoms. The Kier molecular flexibility index (Phi) is 23.9. The summed E-state index contributed by atoms with van der Waals surface area (Å²) in [6.07, 6.45) is -0.379. The van der Waals surface area contributed by atoms with Crippen molar-refractivity contribution in [1.29, 1.82) is 5.26 Å². The van der Waals surface area contributed by atoms with Crippen LogP contribution in [0.4, 0.5) is 26.3 Å². The Labute approximate surface area is 375 Å². The second kappa shape index (κ2) is 27.4. The number of piperidine rings is 2. The number of nitrogens with zero attached hydrogens (tertiary/aromatic N) is 2. The number of hydrogen-bond donors (Lipinski definition) is 1. The fraction of sp³-hybridized carbons (Fsp3) is 0.426. The zero-order chi connectivity index (χ0) is 44.1. The third-order valence-electron chi connectivity index (χ3n) is 10.1. The van der Waals surface area contributed by atoms with Gasteiger partial charge < -0.3 is 5.32 Å². The van der Waals surface area contributed by atoms with E-state index in [1.54, 1.807) is 78.9 Å². The Morgan fingerprint density at radius 2 is 1.15 bits per heavy atom. The second-order valence-corrected chi connectivity index (χ2v) is 16.1. The number of carbonyl (C=O) groups excluding carboxylic acids is 2. The molecule has 14 heteroatoms. The van der Waals surface area contributed by atoms with Crippen LogP contribution < -0.4 is 5.32 Å².